The average Bonchev–Trinajstić information content (AvgIpc) is 2.68. The standard InChI is InChI=1S/C21H28N2O4S/c1-16(2)14-20(17-8-5-4-6-9-17)23-21(24)18-10-7-11-19(15-18)28(25,26)22-12-13-27-3/h4-11,15-16,20,22H,12-14H2,1-3H3,(H,23,24). The van der Waals surface area contributed by atoms with Gasteiger partial charge in [0.2, 0.25) is 10.0 Å². The Kier molecular flexibility index (Phi) is 8.17. The quantitative estimate of drug-likeness (QED) is 0.596. The van der Waals surface area contributed by atoms with Crippen LogP contribution in [0.25, 0.3) is 0 Å². The molecular weight excluding hydrogens is 376 g/mol. The van der Waals surface area contributed by atoms with E-state index in [0.29, 0.717) is 11.5 Å². The average molecular weight is 405 g/mol. The molecule has 1 amide bonds. The summed E-state index contributed by atoms with van der Waals surface area (Å²) in [6.45, 7) is 4.63. The number of ether oxygens (including phenoxy) is 1. The number of amides is 1. The maximum absolute atomic E-state index is 12.8. The third-order valence-corrected chi connectivity index (χ3v) is 5.68. The first-order valence-corrected chi connectivity index (χ1v) is 10.8. The van der Waals surface area contributed by atoms with Gasteiger partial charge in [0, 0.05) is 19.2 Å². The van der Waals surface area contributed by atoms with E-state index in [2.05, 4.69) is 23.9 Å². The fourth-order valence-electron chi connectivity index (χ4n) is 2.84. The molecule has 0 aromatic heterocycles. The highest BCUT2D eigenvalue weighted by Crippen LogP contribution is 2.22. The molecule has 2 N–H and O–H groups in total. The van der Waals surface area contributed by atoms with Gasteiger partial charge in [0.25, 0.3) is 5.91 Å². The van der Waals surface area contributed by atoms with Gasteiger partial charge in [0.1, 0.15) is 0 Å². The van der Waals surface area contributed by atoms with Crippen LogP contribution in [0.3, 0.4) is 0 Å². The van der Waals surface area contributed by atoms with Crippen molar-refractivity contribution in [3.63, 3.8) is 0 Å². The molecule has 0 fully saturated rings. The van der Waals surface area contributed by atoms with Crippen LogP contribution in [0.2, 0.25) is 0 Å². The fourth-order valence-corrected chi connectivity index (χ4v) is 3.90. The highest BCUT2D eigenvalue weighted by Gasteiger charge is 2.19. The number of carbonyl (C=O) groups excluding carboxylic acids is 1. The van der Waals surface area contributed by atoms with E-state index in [1.54, 1.807) is 12.1 Å². The summed E-state index contributed by atoms with van der Waals surface area (Å²) in [6, 6.07) is 15.7. The van der Waals surface area contributed by atoms with E-state index in [1.807, 2.05) is 30.3 Å². The third-order valence-electron chi connectivity index (χ3n) is 4.22. The van der Waals surface area contributed by atoms with Gasteiger partial charge in [-0.05, 0) is 36.1 Å². The van der Waals surface area contributed by atoms with E-state index in [-0.39, 0.29) is 30.0 Å². The number of hydrogen-bond donors (Lipinski definition) is 2. The van der Waals surface area contributed by atoms with Crippen LogP contribution in [0.4, 0.5) is 0 Å². The van der Waals surface area contributed by atoms with Crippen molar-refractivity contribution in [2.24, 2.45) is 5.92 Å². The number of benzene rings is 2. The zero-order chi connectivity index (χ0) is 20.6. The summed E-state index contributed by atoms with van der Waals surface area (Å²) in [5.74, 6) is 0.0886. The largest absolute Gasteiger partial charge is 0.383 e. The molecule has 0 heterocycles. The zero-order valence-corrected chi connectivity index (χ0v) is 17.3. The van der Waals surface area contributed by atoms with Gasteiger partial charge in [-0.2, -0.15) is 0 Å². The molecule has 2 rings (SSSR count). The van der Waals surface area contributed by atoms with Crippen LogP contribution in [0.1, 0.15) is 42.2 Å². The van der Waals surface area contributed by atoms with Crippen LogP contribution in [-0.4, -0.2) is 34.6 Å². The van der Waals surface area contributed by atoms with Gasteiger partial charge in [0.05, 0.1) is 17.5 Å². The number of methoxy groups -OCH3 is 1. The summed E-state index contributed by atoms with van der Waals surface area (Å²) in [5, 5.41) is 3.04. The second kappa shape index (κ2) is 10.4. The smallest absolute Gasteiger partial charge is 0.251 e. The van der Waals surface area contributed by atoms with Gasteiger partial charge >= 0.3 is 0 Å². The predicted molar refractivity (Wildman–Crippen MR) is 110 cm³/mol. The molecule has 1 atom stereocenters. The molecule has 0 aliphatic carbocycles. The lowest BCUT2D eigenvalue weighted by Crippen LogP contribution is -2.30. The lowest BCUT2D eigenvalue weighted by atomic mass is 9.96. The van der Waals surface area contributed by atoms with E-state index in [0.717, 1.165) is 12.0 Å². The lowest BCUT2D eigenvalue weighted by Gasteiger charge is -2.21. The van der Waals surface area contributed by atoms with Crippen molar-refractivity contribution < 1.29 is 17.9 Å². The van der Waals surface area contributed by atoms with E-state index in [9.17, 15) is 13.2 Å². The number of carbonyl (C=O) groups is 1. The minimum Gasteiger partial charge on any atom is -0.383 e. The van der Waals surface area contributed by atoms with Crippen LogP contribution in [0.5, 0.6) is 0 Å². The van der Waals surface area contributed by atoms with Gasteiger partial charge in [-0.15, -0.1) is 0 Å². The molecule has 2 aromatic rings. The topological polar surface area (TPSA) is 84.5 Å². The summed E-state index contributed by atoms with van der Waals surface area (Å²) in [7, 11) is -2.20. The molecule has 0 aliphatic rings. The molecule has 7 heteroatoms. The Morgan fingerprint density at radius 3 is 2.43 bits per heavy atom. The van der Waals surface area contributed by atoms with Crippen molar-refractivity contribution >= 4 is 15.9 Å². The maximum Gasteiger partial charge on any atom is 0.251 e. The van der Waals surface area contributed by atoms with Crippen molar-refractivity contribution in [3.8, 4) is 0 Å². The van der Waals surface area contributed by atoms with E-state index >= 15 is 0 Å². The summed E-state index contributed by atoms with van der Waals surface area (Å²) in [4.78, 5) is 12.9. The van der Waals surface area contributed by atoms with Crippen molar-refractivity contribution in [3.05, 3.63) is 65.7 Å². The number of hydrogen-bond acceptors (Lipinski definition) is 4. The van der Waals surface area contributed by atoms with Crippen LogP contribution in [0.15, 0.2) is 59.5 Å². The first-order chi connectivity index (χ1) is 13.3. The number of nitrogens with one attached hydrogen (secondary N) is 2. The van der Waals surface area contributed by atoms with Gasteiger partial charge in [0.15, 0.2) is 0 Å². The van der Waals surface area contributed by atoms with Crippen LogP contribution in [0, 0.1) is 5.92 Å². The molecule has 152 valence electrons. The Morgan fingerprint density at radius 2 is 1.79 bits per heavy atom. The minimum atomic E-state index is -3.70. The Bertz CT molecular complexity index is 867. The molecule has 0 bridgehead atoms. The molecule has 0 saturated carbocycles. The van der Waals surface area contributed by atoms with Gasteiger partial charge in [-0.25, -0.2) is 13.1 Å². The van der Waals surface area contributed by atoms with Crippen LogP contribution < -0.4 is 10.0 Å². The van der Waals surface area contributed by atoms with Crippen molar-refractivity contribution in [1.29, 1.82) is 0 Å². The number of rotatable bonds is 10. The van der Waals surface area contributed by atoms with E-state index < -0.39 is 10.0 Å². The molecule has 0 spiro atoms. The highest BCUT2D eigenvalue weighted by molar-refractivity contribution is 7.89. The Balaban J connectivity index is 2.19. The van der Waals surface area contributed by atoms with Gasteiger partial charge in [-0.3, -0.25) is 4.79 Å². The summed E-state index contributed by atoms with van der Waals surface area (Å²) >= 11 is 0. The van der Waals surface area contributed by atoms with E-state index in [1.165, 1.54) is 19.2 Å². The molecular formula is C21H28N2O4S. The predicted octanol–water partition coefficient (Wildman–Crippen LogP) is 3.13. The third kappa shape index (κ3) is 6.44. The Hall–Kier alpha value is -2.22. The van der Waals surface area contributed by atoms with Crippen molar-refractivity contribution in [2.45, 2.75) is 31.2 Å². The van der Waals surface area contributed by atoms with Crippen LogP contribution >= 0.6 is 0 Å². The van der Waals surface area contributed by atoms with Gasteiger partial charge < -0.3 is 10.1 Å². The molecule has 28 heavy (non-hydrogen) atoms. The first-order valence-electron chi connectivity index (χ1n) is 9.28. The molecule has 0 saturated heterocycles. The SMILES string of the molecule is COCCNS(=O)(=O)c1cccc(C(=O)NC(CC(C)C)c2ccccc2)c1. The van der Waals surface area contributed by atoms with Crippen molar-refractivity contribution in [1.82, 2.24) is 10.0 Å². The molecule has 2 aromatic carbocycles. The Labute approximate surface area is 167 Å². The molecule has 1 unspecified atom stereocenters. The second-order valence-corrected chi connectivity index (χ2v) is 8.75. The zero-order valence-electron chi connectivity index (χ0n) is 16.5. The molecule has 6 nitrogen and oxygen atoms in total. The van der Waals surface area contributed by atoms with Crippen LogP contribution in [-0.2, 0) is 14.8 Å². The van der Waals surface area contributed by atoms with Crippen molar-refractivity contribution in [2.75, 3.05) is 20.3 Å². The summed E-state index contributed by atoms with van der Waals surface area (Å²) in [5.41, 5.74) is 1.33. The van der Waals surface area contributed by atoms with E-state index in [4.69, 9.17) is 4.74 Å². The first kappa shape index (κ1) is 22.1. The summed E-state index contributed by atoms with van der Waals surface area (Å²) < 4.78 is 32.1. The monoisotopic (exact) mass is 404 g/mol. The maximum atomic E-state index is 12.8. The summed E-state index contributed by atoms with van der Waals surface area (Å²) in [6.07, 6.45) is 0.784. The molecule has 0 aliphatic heterocycles. The van der Waals surface area contributed by atoms with Gasteiger partial charge in [-0.1, -0.05) is 50.2 Å². The minimum absolute atomic E-state index is 0.0522. The second-order valence-electron chi connectivity index (χ2n) is 6.98. The fraction of sp³-hybridized carbons (Fsp3) is 0.381. The number of sulfonamides is 1. The molecule has 0 radical (unpaired) electrons. The lowest BCUT2D eigenvalue weighted by molar-refractivity contribution is 0.0931. The normalized spacial score (nSPS) is 12.7. The Morgan fingerprint density at radius 1 is 1.07 bits per heavy atom. The highest BCUT2D eigenvalue weighted by atomic mass is 32.2.